The predicted molar refractivity (Wildman–Crippen MR) is 116 cm³/mol. The van der Waals surface area contributed by atoms with Crippen molar-refractivity contribution in [3.8, 4) is 24.2 Å². The molecule has 4 rings (SSSR count). The lowest BCUT2D eigenvalue weighted by molar-refractivity contribution is -0.116. The maximum Gasteiger partial charge on any atom is 0.219 e. The van der Waals surface area contributed by atoms with Gasteiger partial charge in [-0.15, -0.1) is 16.6 Å². The number of aromatic nitrogens is 2. The van der Waals surface area contributed by atoms with Crippen LogP contribution in [-0.4, -0.2) is 26.8 Å². The smallest absolute Gasteiger partial charge is 0.219 e. The van der Waals surface area contributed by atoms with E-state index in [0.29, 0.717) is 40.1 Å². The van der Waals surface area contributed by atoms with Crippen molar-refractivity contribution in [2.75, 3.05) is 10.7 Å². The fourth-order valence-corrected chi connectivity index (χ4v) is 5.32. The molecule has 0 amide bonds. The van der Waals surface area contributed by atoms with Crippen molar-refractivity contribution in [1.29, 1.82) is 5.26 Å². The van der Waals surface area contributed by atoms with Crippen LogP contribution in [0.1, 0.15) is 30.7 Å². The van der Waals surface area contributed by atoms with Crippen LogP contribution in [0, 0.1) is 23.7 Å². The topological polar surface area (TPSA) is 116 Å². The second kappa shape index (κ2) is 8.23. The molecule has 1 aromatic carbocycles. The summed E-state index contributed by atoms with van der Waals surface area (Å²) in [5.74, 6) is 2.80. The van der Waals surface area contributed by atoms with Gasteiger partial charge in [-0.05, 0) is 30.5 Å². The molecule has 0 saturated heterocycles. The number of phenols is 1. The Kier molecular flexibility index (Phi) is 5.49. The van der Waals surface area contributed by atoms with E-state index in [2.05, 4.69) is 22.2 Å². The van der Waals surface area contributed by atoms with Crippen molar-refractivity contribution in [3.05, 3.63) is 52.5 Å². The number of thioether (sulfide) groups is 1. The van der Waals surface area contributed by atoms with E-state index in [-0.39, 0.29) is 22.9 Å². The lowest BCUT2D eigenvalue weighted by Gasteiger charge is -2.38. The molecule has 2 aromatic rings. The van der Waals surface area contributed by atoms with Gasteiger partial charge in [0.2, 0.25) is 5.13 Å². The Labute approximate surface area is 181 Å². The van der Waals surface area contributed by atoms with E-state index in [4.69, 9.17) is 12.2 Å². The van der Waals surface area contributed by atoms with Crippen LogP contribution >= 0.6 is 23.1 Å². The van der Waals surface area contributed by atoms with Gasteiger partial charge in [0, 0.05) is 17.7 Å². The predicted octanol–water partition coefficient (Wildman–Crippen LogP) is 3.27. The van der Waals surface area contributed by atoms with Gasteiger partial charge < -0.3 is 10.8 Å². The van der Waals surface area contributed by atoms with Gasteiger partial charge in [0.25, 0.3) is 0 Å². The Hall–Kier alpha value is -3.27. The molecule has 2 heterocycles. The van der Waals surface area contributed by atoms with E-state index in [1.54, 1.807) is 29.2 Å². The van der Waals surface area contributed by atoms with Gasteiger partial charge >= 0.3 is 0 Å². The van der Waals surface area contributed by atoms with E-state index < -0.39 is 5.92 Å². The Morgan fingerprint density at radius 3 is 2.80 bits per heavy atom. The fourth-order valence-electron chi connectivity index (χ4n) is 3.76. The third kappa shape index (κ3) is 3.43. The number of phenolic OH excluding ortho intramolecular Hbond substituents is 1. The number of carbonyl (C=O) groups excluding carboxylic acids is 1. The number of nitrogens with zero attached hydrogens (tertiary/aromatic N) is 4. The van der Waals surface area contributed by atoms with Crippen LogP contribution in [0.2, 0.25) is 0 Å². The van der Waals surface area contributed by atoms with Crippen LogP contribution in [0.15, 0.2) is 51.3 Å². The fraction of sp³-hybridized carbons (Fsp3) is 0.238. The highest BCUT2D eigenvalue weighted by atomic mass is 32.2. The molecule has 3 N–H and O–H groups in total. The van der Waals surface area contributed by atoms with Crippen LogP contribution in [0.3, 0.4) is 0 Å². The Balaban J connectivity index is 1.87. The molecule has 1 aliphatic heterocycles. The van der Waals surface area contributed by atoms with Crippen LogP contribution < -0.4 is 10.6 Å². The average molecular weight is 436 g/mol. The highest BCUT2D eigenvalue weighted by Gasteiger charge is 2.41. The molecule has 7 nitrogen and oxygen atoms in total. The summed E-state index contributed by atoms with van der Waals surface area (Å²) in [5.41, 5.74) is 8.80. The summed E-state index contributed by atoms with van der Waals surface area (Å²) in [7, 11) is 0. The first-order chi connectivity index (χ1) is 14.5. The van der Waals surface area contributed by atoms with Crippen molar-refractivity contribution in [3.63, 3.8) is 0 Å². The molecule has 1 aromatic heterocycles. The van der Waals surface area contributed by atoms with Gasteiger partial charge in [-0.1, -0.05) is 41.2 Å². The molecule has 0 spiro atoms. The van der Waals surface area contributed by atoms with Crippen molar-refractivity contribution in [1.82, 2.24) is 10.2 Å². The second-order valence-electron chi connectivity index (χ2n) is 6.75. The van der Waals surface area contributed by atoms with Crippen LogP contribution in [-0.2, 0) is 4.79 Å². The van der Waals surface area contributed by atoms with Crippen molar-refractivity contribution < 1.29 is 9.90 Å². The number of benzene rings is 1. The summed E-state index contributed by atoms with van der Waals surface area (Å²) >= 11 is 2.72. The minimum absolute atomic E-state index is 0.00831. The summed E-state index contributed by atoms with van der Waals surface area (Å²) in [6.45, 7) is 0. The first-order valence-corrected chi connectivity index (χ1v) is 11.0. The largest absolute Gasteiger partial charge is 0.508 e. The summed E-state index contributed by atoms with van der Waals surface area (Å²) in [6.07, 6.45) is 7.07. The number of carbonyl (C=O) groups is 1. The average Bonchev–Trinajstić information content (AvgIpc) is 3.20. The van der Waals surface area contributed by atoms with E-state index in [1.165, 1.54) is 23.1 Å². The van der Waals surface area contributed by atoms with Crippen LogP contribution in [0.5, 0.6) is 5.75 Å². The molecule has 1 unspecified atom stereocenters. The van der Waals surface area contributed by atoms with Crippen molar-refractivity contribution in [2.24, 2.45) is 5.73 Å². The molecular weight excluding hydrogens is 418 g/mol. The summed E-state index contributed by atoms with van der Waals surface area (Å²) in [5, 5.41) is 28.5. The highest BCUT2D eigenvalue weighted by Crippen LogP contribution is 2.47. The molecule has 0 radical (unpaired) electrons. The lowest BCUT2D eigenvalue weighted by atomic mass is 9.76. The number of terminal acetylenes is 1. The van der Waals surface area contributed by atoms with E-state index >= 15 is 0 Å². The molecule has 0 bridgehead atoms. The first kappa shape index (κ1) is 20.0. The van der Waals surface area contributed by atoms with Gasteiger partial charge in [-0.2, -0.15) is 5.26 Å². The zero-order valence-electron chi connectivity index (χ0n) is 15.8. The number of hydrogen-bond donors (Lipinski definition) is 2. The highest BCUT2D eigenvalue weighted by molar-refractivity contribution is 8.01. The van der Waals surface area contributed by atoms with Crippen molar-refractivity contribution in [2.45, 2.75) is 29.5 Å². The van der Waals surface area contributed by atoms with Gasteiger partial charge in [0.05, 0.1) is 23.3 Å². The zero-order chi connectivity index (χ0) is 21.3. The standard InChI is InChI=1S/C21H17N5O2S2/c1-2-10-29-21-25-24-20(30-21)26-15-4-3-5-16(28)18(15)17(14(11-22)19(26)23)12-6-8-13(27)9-7-12/h1,6-9,17,27H,3-5,10,23H2. The Morgan fingerprint density at radius 1 is 1.33 bits per heavy atom. The van der Waals surface area contributed by atoms with Gasteiger partial charge in [-0.25, -0.2) is 0 Å². The minimum atomic E-state index is -0.571. The third-order valence-corrected chi connectivity index (χ3v) is 6.95. The second-order valence-corrected chi connectivity index (χ2v) is 8.93. The van der Waals surface area contributed by atoms with E-state index in [1.807, 2.05) is 0 Å². The first-order valence-electron chi connectivity index (χ1n) is 9.20. The quantitative estimate of drug-likeness (QED) is 0.555. The molecule has 0 fully saturated rings. The molecule has 0 saturated carbocycles. The number of nitrogens with two attached hydrogens (primary N) is 1. The van der Waals surface area contributed by atoms with E-state index in [0.717, 1.165) is 11.3 Å². The summed E-state index contributed by atoms with van der Waals surface area (Å²) in [4.78, 5) is 14.7. The molecule has 2 aliphatic rings. The number of aromatic hydroxyl groups is 1. The normalized spacial score (nSPS) is 18.8. The number of ketones is 1. The molecular formula is C21H17N5O2S2. The van der Waals surface area contributed by atoms with Crippen LogP contribution in [0.4, 0.5) is 5.13 Å². The summed E-state index contributed by atoms with van der Waals surface area (Å²) < 4.78 is 0.694. The monoisotopic (exact) mass is 435 g/mol. The number of nitriles is 1. The maximum absolute atomic E-state index is 13.0. The molecule has 1 atom stereocenters. The van der Waals surface area contributed by atoms with Gasteiger partial charge in [0.1, 0.15) is 11.6 Å². The summed E-state index contributed by atoms with van der Waals surface area (Å²) in [6, 6.07) is 8.71. The van der Waals surface area contributed by atoms with Gasteiger partial charge in [0.15, 0.2) is 10.1 Å². The molecule has 150 valence electrons. The van der Waals surface area contributed by atoms with Crippen LogP contribution in [0.25, 0.3) is 0 Å². The number of hydrogen-bond acceptors (Lipinski definition) is 9. The van der Waals surface area contributed by atoms with E-state index in [9.17, 15) is 15.2 Å². The number of anilines is 1. The maximum atomic E-state index is 13.0. The Morgan fingerprint density at radius 2 is 2.10 bits per heavy atom. The Bertz CT molecular complexity index is 1150. The number of allylic oxidation sites excluding steroid dienone is 3. The zero-order valence-corrected chi connectivity index (χ0v) is 17.5. The molecule has 30 heavy (non-hydrogen) atoms. The lowest BCUT2D eigenvalue weighted by Crippen LogP contribution is -2.38. The van der Waals surface area contributed by atoms with Gasteiger partial charge in [-0.3, -0.25) is 9.69 Å². The number of rotatable bonds is 4. The molecule has 1 aliphatic carbocycles. The minimum Gasteiger partial charge on any atom is -0.508 e. The number of Topliss-reactive ketones (excluding diaryl/α,β-unsaturated/α-hetero) is 1. The molecule has 9 heteroatoms. The van der Waals surface area contributed by atoms with Crippen molar-refractivity contribution >= 4 is 34.0 Å². The third-order valence-electron chi connectivity index (χ3n) is 5.01. The SMILES string of the molecule is C#CCSc1nnc(N2C(N)=C(C#N)C(c3ccc(O)cc3)C3=C2CCCC3=O)s1.